The highest BCUT2D eigenvalue weighted by atomic mass is 35.5. The Bertz CT molecular complexity index is 945. The number of Topliss-reactive ketones (excluding diaryl/α,β-unsaturated/α-hetero) is 1. The SMILES string of the molecule is COC1=CC(=O)C=C(OC(C)=O)C12Oc1c(Cl)c(C)c(Cl)c(O)c1C2=O. The van der Waals surface area contributed by atoms with Crippen molar-refractivity contribution in [3.8, 4) is 11.5 Å². The number of hydrogen-bond acceptors (Lipinski definition) is 7. The van der Waals surface area contributed by atoms with Crippen LogP contribution in [0, 0.1) is 6.92 Å². The summed E-state index contributed by atoms with van der Waals surface area (Å²) in [4.78, 5) is 36.6. The summed E-state index contributed by atoms with van der Waals surface area (Å²) in [5.74, 6) is -3.46. The van der Waals surface area contributed by atoms with E-state index in [2.05, 4.69) is 0 Å². The molecule has 26 heavy (non-hydrogen) atoms. The standard InChI is InChI=1S/C17H12Cl2O7/c1-6-12(18)14(22)11-15(13(6)19)26-17(16(11)23)9(24-3)4-8(21)5-10(17)25-7(2)20/h4-5,22H,1-3H3. The van der Waals surface area contributed by atoms with Gasteiger partial charge in [0.15, 0.2) is 23.1 Å². The van der Waals surface area contributed by atoms with Gasteiger partial charge in [0.25, 0.3) is 5.60 Å². The van der Waals surface area contributed by atoms with Crippen molar-refractivity contribution >= 4 is 40.7 Å². The number of allylic oxidation sites excluding steroid dienone is 2. The van der Waals surface area contributed by atoms with Crippen molar-refractivity contribution in [1.82, 2.24) is 0 Å². The normalized spacial score (nSPS) is 21.1. The lowest BCUT2D eigenvalue weighted by molar-refractivity contribution is -0.139. The third-order valence-electron chi connectivity index (χ3n) is 4.05. The minimum Gasteiger partial charge on any atom is -0.505 e. The molecule has 0 aromatic heterocycles. The van der Waals surface area contributed by atoms with Crippen molar-refractivity contribution in [3.05, 3.63) is 44.8 Å². The first-order valence-electron chi connectivity index (χ1n) is 7.30. The number of aromatic hydroxyl groups is 1. The van der Waals surface area contributed by atoms with Crippen LogP contribution in [0.3, 0.4) is 0 Å². The van der Waals surface area contributed by atoms with Gasteiger partial charge in [0.1, 0.15) is 11.3 Å². The minimum atomic E-state index is -2.10. The number of carbonyl (C=O) groups excluding carboxylic acids is 3. The number of ketones is 2. The number of fused-ring (bicyclic) bond motifs is 1. The molecule has 1 aliphatic carbocycles. The molecule has 1 atom stereocenters. The number of hydrogen-bond donors (Lipinski definition) is 1. The summed E-state index contributed by atoms with van der Waals surface area (Å²) in [6, 6.07) is 0. The van der Waals surface area contributed by atoms with E-state index in [1.807, 2.05) is 0 Å². The zero-order valence-electron chi connectivity index (χ0n) is 13.8. The zero-order valence-corrected chi connectivity index (χ0v) is 15.3. The molecule has 0 fully saturated rings. The van der Waals surface area contributed by atoms with Gasteiger partial charge in [0.05, 0.1) is 17.2 Å². The monoisotopic (exact) mass is 398 g/mol. The fraction of sp³-hybridized carbons (Fsp3) is 0.235. The average Bonchev–Trinajstić information content (AvgIpc) is 2.88. The van der Waals surface area contributed by atoms with Crippen LogP contribution in [0.15, 0.2) is 23.7 Å². The van der Waals surface area contributed by atoms with Crippen LogP contribution in [0.25, 0.3) is 0 Å². The molecule has 3 rings (SSSR count). The van der Waals surface area contributed by atoms with Gasteiger partial charge in [0, 0.05) is 19.1 Å². The molecule has 0 saturated heterocycles. The van der Waals surface area contributed by atoms with Crippen molar-refractivity contribution in [2.24, 2.45) is 0 Å². The molecule has 9 heteroatoms. The van der Waals surface area contributed by atoms with E-state index in [9.17, 15) is 19.5 Å². The van der Waals surface area contributed by atoms with Gasteiger partial charge in [-0.25, -0.2) is 0 Å². The number of phenolic OH excluding ortho intramolecular Hbond substituents is 1. The molecule has 136 valence electrons. The second-order valence-corrected chi connectivity index (χ2v) is 6.39. The Morgan fingerprint density at radius 2 is 1.81 bits per heavy atom. The number of esters is 1. The highest BCUT2D eigenvalue weighted by Crippen LogP contribution is 2.54. The van der Waals surface area contributed by atoms with Crippen LogP contribution in [-0.2, 0) is 19.1 Å². The number of methoxy groups -OCH3 is 1. The maximum absolute atomic E-state index is 13.2. The summed E-state index contributed by atoms with van der Waals surface area (Å²) in [5.41, 5.74) is -2.10. The predicted molar refractivity (Wildman–Crippen MR) is 90.5 cm³/mol. The van der Waals surface area contributed by atoms with E-state index in [0.717, 1.165) is 19.1 Å². The molecule has 1 aromatic carbocycles. The highest BCUT2D eigenvalue weighted by Gasteiger charge is 2.60. The highest BCUT2D eigenvalue weighted by molar-refractivity contribution is 6.39. The fourth-order valence-corrected chi connectivity index (χ4v) is 3.33. The molecular formula is C17H12Cl2O7. The van der Waals surface area contributed by atoms with Crippen molar-refractivity contribution in [1.29, 1.82) is 0 Å². The number of carbonyl (C=O) groups is 3. The molecule has 7 nitrogen and oxygen atoms in total. The first-order valence-corrected chi connectivity index (χ1v) is 8.05. The summed E-state index contributed by atoms with van der Waals surface area (Å²) in [5, 5.41) is 10.2. The van der Waals surface area contributed by atoms with E-state index in [1.165, 1.54) is 14.0 Å². The molecule has 1 aromatic rings. The van der Waals surface area contributed by atoms with E-state index in [4.69, 9.17) is 37.4 Å². The summed E-state index contributed by atoms with van der Waals surface area (Å²) in [6.45, 7) is 2.63. The van der Waals surface area contributed by atoms with Crippen LogP contribution in [0.4, 0.5) is 0 Å². The van der Waals surface area contributed by atoms with Gasteiger partial charge >= 0.3 is 5.97 Å². The molecule has 1 aliphatic heterocycles. The van der Waals surface area contributed by atoms with Gasteiger partial charge in [-0.1, -0.05) is 23.2 Å². The Labute approximate surface area is 157 Å². The largest absolute Gasteiger partial charge is 0.505 e. The van der Waals surface area contributed by atoms with Gasteiger partial charge in [-0.05, 0) is 12.5 Å². The second kappa shape index (κ2) is 6.03. The lowest BCUT2D eigenvalue weighted by Crippen LogP contribution is -2.48. The van der Waals surface area contributed by atoms with E-state index in [0.29, 0.717) is 5.56 Å². The average molecular weight is 399 g/mol. The van der Waals surface area contributed by atoms with E-state index in [1.54, 1.807) is 0 Å². The van der Waals surface area contributed by atoms with Gasteiger partial charge in [-0.15, -0.1) is 0 Å². The number of benzene rings is 1. The first-order chi connectivity index (χ1) is 12.1. The van der Waals surface area contributed by atoms with Crippen LogP contribution in [0.2, 0.25) is 10.0 Å². The van der Waals surface area contributed by atoms with Crippen LogP contribution >= 0.6 is 23.2 Å². The van der Waals surface area contributed by atoms with Gasteiger partial charge < -0.3 is 19.3 Å². The quantitative estimate of drug-likeness (QED) is 0.764. The first kappa shape index (κ1) is 18.3. The molecule has 2 aliphatic rings. The van der Waals surface area contributed by atoms with Crippen molar-refractivity contribution in [2.75, 3.05) is 7.11 Å². The molecule has 1 heterocycles. The Kier molecular flexibility index (Phi) is 4.24. The molecule has 0 saturated carbocycles. The smallest absolute Gasteiger partial charge is 0.307 e. The molecule has 0 amide bonds. The summed E-state index contributed by atoms with van der Waals surface area (Å²) in [6.07, 6.45) is 1.96. The third-order valence-corrected chi connectivity index (χ3v) is 4.96. The minimum absolute atomic E-state index is 0.00236. The summed E-state index contributed by atoms with van der Waals surface area (Å²) in [7, 11) is 1.22. The predicted octanol–water partition coefficient (Wildman–Crippen LogP) is 2.88. The molecule has 1 spiro atoms. The van der Waals surface area contributed by atoms with Crippen LogP contribution in [-0.4, -0.2) is 35.4 Å². The Balaban J connectivity index is 2.31. The molecule has 1 N–H and O–H groups in total. The van der Waals surface area contributed by atoms with Crippen molar-refractivity contribution in [2.45, 2.75) is 19.4 Å². The topological polar surface area (TPSA) is 99.1 Å². The zero-order chi connectivity index (χ0) is 19.4. The van der Waals surface area contributed by atoms with Gasteiger partial charge in [-0.3, -0.25) is 14.4 Å². The van der Waals surface area contributed by atoms with Gasteiger partial charge in [-0.2, -0.15) is 0 Å². The summed E-state index contributed by atoms with van der Waals surface area (Å²) >= 11 is 12.3. The van der Waals surface area contributed by atoms with E-state index >= 15 is 0 Å². The maximum atomic E-state index is 13.2. The third kappa shape index (κ3) is 2.31. The summed E-state index contributed by atoms with van der Waals surface area (Å²) < 4.78 is 16.0. The van der Waals surface area contributed by atoms with Crippen molar-refractivity contribution in [3.63, 3.8) is 0 Å². The Hall–Kier alpha value is -2.51. The second-order valence-electron chi connectivity index (χ2n) is 5.64. The molecule has 1 unspecified atom stereocenters. The van der Waals surface area contributed by atoms with Crippen molar-refractivity contribution < 1.29 is 33.7 Å². The molecule has 0 radical (unpaired) electrons. The number of ether oxygens (including phenoxy) is 3. The number of phenols is 1. The lowest BCUT2D eigenvalue weighted by Gasteiger charge is -2.31. The van der Waals surface area contributed by atoms with Crippen LogP contribution < -0.4 is 4.74 Å². The van der Waals surface area contributed by atoms with E-state index < -0.39 is 28.9 Å². The lowest BCUT2D eigenvalue weighted by atomic mass is 9.86. The van der Waals surface area contributed by atoms with Gasteiger partial charge in [0.2, 0.25) is 5.78 Å². The Morgan fingerprint density at radius 3 is 2.38 bits per heavy atom. The van der Waals surface area contributed by atoms with E-state index in [-0.39, 0.29) is 32.9 Å². The number of halogens is 2. The Morgan fingerprint density at radius 1 is 1.19 bits per heavy atom. The maximum Gasteiger partial charge on any atom is 0.307 e. The molecule has 0 bridgehead atoms. The van der Waals surface area contributed by atoms with Crippen LogP contribution in [0.1, 0.15) is 22.8 Å². The van der Waals surface area contributed by atoms with Crippen LogP contribution in [0.5, 0.6) is 11.5 Å². The fourth-order valence-electron chi connectivity index (χ4n) is 2.86. The number of rotatable bonds is 2. The molecular weight excluding hydrogens is 387 g/mol.